The average molecular weight is 266 g/mol. The average Bonchev–Trinajstić information content (AvgIpc) is 2.21. The molecule has 0 aliphatic rings. The Kier molecular flexibility index (Phi) is 6.70. The van der Waals surface area contributed by atoms with E-state index in [0.717, 1.165) is 6.42 Å². The van der Waals surface area contributed by atoms with Crippen LogP contribution < -0.4 is 0 Å². The standard InChI is InChI=1S/C12H26O6/c1-6-7-16-11(4,14)9-18-12(5,15)8-17-10(2,3)13/h13-15H,6-9H2,1-5H3. The van der Waals surface area contributed by atoms with E-state index in [1.165, 1.54) is 27.7 Å². The van der Waals surface area contributed by atoms with Crippen molar-refractivity contribution in [1.82, 2.24) is 0 Å². The molecule has 0 bridgehead atoms. The van der Waals surface area contributed by atoms with Gasteiger partial charge in [0.25, 0.3) is 0 Å². The first-order valence-electron chi connectivity index (χ1n) is 6.06. The summed E-state index contributed by atoms with van der Waals surface area (Å²) in [5.41, 5.74) is 0. The second-order valence-corrected chi connectivity index (χ2v) is 5.22. The first-order chi connectivity index (χ1) is 7.97. The second kappa shape index (κ2) is 6.79. The molecule has 0 fully saturated rings. The lowest BCUT2D eigenvalue weighted by atomic mass is 10.3. The molecular weight excluding hydrogens is 240 g/mol. The molecule has 0 aromatic carbocycles. The van der Waals surface area contributed by atoms with Crippen molar-refractivity contribution >= 4 is 0 Å². The van der Waals surface area contributed by atoms with Crippen LogP contribution in [-0.4, -0.2) is 52.5 Å². The molecule has 0 amide bonds. The van der Waals surface area contributed by atoms with Crippen LogP contribution in [0.15, 0.2) is 0 Å². The molecular formula is C12H26O6. The Morgan fingerprint density at radius 3 is 1.67 bits per heavy atom. The Morgan fingerprint density at radius 2 is 1.22 bits per heavy atom. The van der Waals surface area contributed by atoms with Gasteiger partial charge in [0.15, 0.2) is 17.4 Å². The number of ether oxygens (including phenoxy) is 3. The fraction of sp³-hybridized carbons (Fsp3) is 1.00. The van der Waals surface area contributed by atoms with Crippen LogP contribution in [-0.2, 0) is 14.2 Å². The van der Waals surface area contributed by atoms with Crippen LogP contribution in [0, 0.1) is 0 Å². The minimum absolute atomic E-state index is 0.199. The van der Waals surface area contributed by atoms with E-state index in [-0.39, 0.29) is 13.2 Å². The number of aliphatic hydroxyl groups is 3. The van der Waals surface area contributed by atoms with Crippen molar-refractivity contribution < 1.29 is 29.5 Å². The van der Waals surface area contributed by atoms with Crippen molar-refractivity contribution in [3.05, 3.63) is 0 Å². The molecule has 0 radical (unpaired) electrons. The lowest BCUT2D eigenvalue weighted by molar-refractivity contribution is -0.306. The van der Waals surface area contributed by atoms with E-state index >= 15 is 0 Å². The highest BCUT2D eigenvalue weighted by atomic mass is 16.7. The third-order valence-corrected chi connectivity index (χ3v) is 1.96. The first kappa shape index (κ1) is 17.8. The summed E-state index contributed by atoms with van der Waals surface area (Å²) in [6.45, 7) is 7.63. The van der Waals surface area contributed by atoms with E-state index in [1.807, 2.05) is 6.92 Å². The summed E-state index contributed by atoms with van der Waals surface area (Å²) in [6.07, 6.45) is 0.772. The maximum atomic E-state index is 9.84. The minimum atomic E-state index is -1.61. The number of hydrogen-bond donors (Lipinski definition) is 3. The van der Waals surface area contributed by atoms with E-state index in [0.29, 0.717) is 6.61 Å². The molecule has 2 unspecified atom stereocenters. The van der Waals surface area contributed by atoms with E-state index < -0.39 is 17.4 Å². The molecule has 0 heterocycles. The van der Waals surface area contributed by atoms with Gasteiger partial charge in [-0.3, -0.25) is 0 Å². The van der Waals surface area contributed by atoms with E-state index in [9.17, 15) is 15.3 Å². The van der Waals surface area contributed by atoms with Crippen LogP contribution >= 0.6 is 0 Å². The van der Waals surface area contributed by atoms with Crippen LogP contribution in [0.4, 0.5) is 0 Å². The summed E-state index contributed by atoms with van der Waals surface area (Å²) in [4.78, 5) is 0. The van der Waals surface area contributed by atoms with Crippen molar-refractivity contribution in [2.45, 2.75) is 58.4 Å². The maximum Gasteiger partial charge on any atom is 0.186 e. The predicted molar refractivity (Wildman–Crippen MR) is 65.7 cm³/mol. The van der Waals surface area contributed by atoms with Crippen molar-refractivity contribution in [2.75, 3.05) is 19.8 Å². The molecule has 0 aliphatic carbocycles. The van der Waals surface area contributed by atoms with Crippen LogP contribution in [0.3, 0.4) is 0 Å². The molecule has 0 saturated carbocycles. The van der Waals surface area contributed by atoms with Crippen molar-refractivity contribution in [1.29, 1.82) is 0 Å². The molecule has 2 atom stereocenters. The van der Waals surface area contributed by atoms with E-state index in [4.69, 9.17) is 14.2 Å². The van der Waals surface area contributed by atoms with Gasteiger partial charge in [0.1, 0.15) is 13.2 Å². The Morgan fingerprint density at radius 1 is 0.778 bits per heavy atom. The first-order valence-corrected chi connectivity index (χ1v) is 6.06. The molecule has 0 aromatic rings. The SMILES string of the molecule is CCCOC(C)(O)COC(C)(O)COC(C)(C)O. The highest BCUT2D eigenvalue weighted by Crippen LogP contribution is 2.15. The molecule has 6 nitrogen and oxygen atoms in total. The van der Waals surface area contributed by atoms with Crippen molar-refractivity contribution in [2.24, 2.45) is 0 Å². The Bertz CT molecular complexity index is 231. The fourth-order valence-corrected chi connectivity index (χ4v) is 1.01. The smallest absolute Gasteiger partial charge is 0.186 e. The lowest BCUT2D eigenvalue weighted by Gasteiger charge is -2.31. The molecule has 0 rings (SSSR count). The van der Waals surface area contributed by atoms with Crippen LogP contribution in [0.25, 0.3) is 0 Å². The minimum Gasteiger partial charge on any atom is -0.366 e. The topological polar surface area (TPSA) is 88.4 Å². The maximum absolute atomic E-state index is 9.84. The molecule has 3 N–H and O–H groups in total. The van der Waals surface area contributed by atoms with Crippen LogP contribution in [0.5, 0.6) is 0 Å². The summed E-state index contributed by atoms with van der Waals surface area (Å²) < 4.78 is 15.3. The van der Waals surface area contributed by atoms with Gasteiger partial charge in [-0.15, -0.1) is 0 Å². The van der Waals surface area contributed by atoms with Gasteiger partial charge in [0, 0.05) is 6.61 Å². The number of rotatable bonds is 9. The van der Waals surface area contributed by atoms with E-state index in [2.05, 4.69) is 0 Å². The highest BCUT2D eigenvalue weighted by Gasteiger charge is 2.30. The zero-order valence-corrected chi connectivity index (χ0v) is 11.9. The van der Waals surface area contributed by atoms with Gasteiger partial charge in [-0.05, 0) is 34.1 Å². The van der Waals surface area contributed by atoms with Crippen molar-refractivity contribution in [3.8, 4) is 0 Å². The fourth-order valence-electron chi connectivity index (χ4n) is 1.01. The highest BCUT2D eigenvalue weighted by molar-refractivity contribution is 4.65. The summed E-state index contributed by atoms with van der Waals surface area (Å²) in [5, 5.41) is 29.0. The van der Waals surface area contributed by atoms with E-state index in [1.54, 1.807) is 0 Å². The predicted octanol–water partition coefficient (Wildman–Crippen LogP) is 0.592. The monoisotopic (exact) mass is 266 g/mol. The van der Waals surface area contributed by atoms with Gasteiger partial charge in [0.05, 0.1) is 0 Å². The molecule has 110 valence electrons. The summed E-state index contributed by atoms with van der Waals surface area (Å²) in [5.74, 6) is -4.43. The molecule has 6 heteroatoms. The van der Waals surface area contributed by atoms with Gasteiger partial charge in [0.2, 0.25) is 0 Å². The quantitative estimate of drug-likeness (QED) is 0.529. The van der Waals surface area contributed by atoms with Crippen LogP contribution in [0.1, 0.15) is 41.0 Å². The largest absolute Gasteiger partial charge is 0.366 e. The zero-order valence-electron chi connectivity index (χ0n) is 11.9. The Labute approximate surface area is 108 Å². The number of hydrogen-bond acceptors (Lipinski definition) is 6. The third kappa shape index (κ3) is 9.76. The zero-order chi connectivity index (χ0) is 14.4. The molecule has 0 saturated heterocycles. The Hall–Kier alpha value is -0.240. The van der Waals surface area contributed by atoms with Gasteiger partial charge in [-0.1, -0.05) is 6.92 Å². The van der Waals surface area contributed by atoms with Gasteiger partial charge in [-0.2, -0.15) is 0 Å². The molecule has 0 aromatic heterocycles. The Balaban J connectivity index is 4.09. The van der Waals surface area contributed by atoms with Gasteiger partial charge in [-0.25, -0.2) is 0 Å². The molecule has 0 spiro atoms. The summed E-state index contributed by atoms with van der Waals surface area (Å²) in [6, 6.07) is 0. The second-order valence-electron chi connectivity index (χ2n) is 5.22. The summed E-state index contributed by atoms with van der Waals surface area (Å²) in [7, 11) is 0. The molecule has 18 heavy (non-hydrogen) atoms. The van der Waals surface area contributed by atoms with Gasteiger partial charge >= 0.3 is 0 Å². The van der Waals surface area contributed by atoms with Gasteiger partial charge < -0.3 is 29.5 Å². The van der Waals surface area contributed by atoms with Crippen molar-refractivity contribution in [3.63, 3.8) is 0 Å². The third-order valence-electron chi connectivity index (χ3n) is 1.96. The van der Waals surface area contributed by atoms with Crippen LogP contribution in [0.2, 0.25) is 0 Å². The lowest BCUT2D eigenvalue weighted by Crippen LogP contribution is -2.44. The normalized spacial score (nSPS) is 19.3. The molecule has 0 aliphatic heterocycles. The summed E-state index contributed by atoms with van der Waals surface area (Å²) >= 11 is 0.